The van der Waals surface area contributed by atoms with Gasteiger partial charge in [-0.15, -0.1) is 0 Å². The third-order valence-electron chi connectivity index (χ3n) is 6.61. The van der Waals surface area contributed by atoms with Gasteiger partial charge in [0.1, 0.15) is 34.8 Å². The number of aliphatic hydroxyl groups is 1. The number of nitrogens with zero attached hydrogens (tertiary/aromatic N) is 2. The van der Waals surface area contributed by atoms with Crippen molar-refractivity contribution in [3.8, 4) is 11.5 Å². The molecule has 5 rings (SSSR count). The molecule has 1 saturated heterocycles. The summed E-state index contributed by atoms with van der Waals surface area (Å²) in [5.74, 6) is -1.40. The highest BCUT2D eigenvalue weighted by Gasteiger charge is 2.48. The van der Waals surface area contributed by atoms with E-state index in [-0.39, 0.29) is 40.7 Å². The van der Waals surface area contributed by atoms with E-state index in [1.807, 2.05) is 6.92 Å². The summed E-state index contributed by atoms with van der Waals surface area (Å²) in [6, 6.07) is 11.1. The van der Waals surface area contributed by atoms with Crippen molar-refractivity contribution in [1.29, 1.82) is 0 Å². The normalized spacial score (nSPS) is 19.3. The van der Waals surface area contributed by atoms with E-state index in [9.17, 15) is 19.5 Å². The maximum Gasteiger partial charge on any atom is 0.350 e. The number of aliphatic hydroxyl groups excluding tert-OH is 1. The maximum atomic E-state index is 13.6. The molecule has 3 aromatic rings. The van der Waals surface area contributed by atoms with E-state index in [4.69, 9.17) is 14.2 Å². The zero-order valence-corrected chi connectivity index (χ0v) is 23.1. The molecule has 2 aromatic carbocycles. The number of esters is 1. The summed E-state index contributed by atoms with van der Waals surface area (Å²) in [5, 5.41) is 11.7. The fourth-order valence-corrected chi connectivity index (χ4v) is 5.86. The van der Waals surface area contributed by atoms with Gasteiger partial charge in [0.25, 0.3) is 5.78 Å². The molecule has 1 N–H and O–H groups in total. The van der Waals surface area contributed by atoms with Gasteiger partial charge >= 0.3 is 11.9 Å². The smallest absolute Gasteiger partial charge is 0.350 e. The fraction of sp³-hybridized carbons (Fsp3) is 0.267. The molecule has 0 saturated carbocycles. The number of amides is 1. The molecule has 0 unspecified atom stereocenters. The lowest BCUT2D eigenvalue weighted by Gasteiger charge is -2.23. The molecule has 1 aromatic heterocycles. The number of ether oxygens (including phenoxy) is 3. The lowest BCUT2D eigenvalue weighted by atomic mass is 9.94. The van der Waals surface area contributed by atoms with Gasteiger partial charge < -0.3 is 19.3 Å². The van der Waals surface area contributed by atoms with E-state index < -0.39 is 23.7 Å². The van der Waals surface area contributed by atoms with Gasteiger partial charge in [-0.05, 0) is 62.2 Å². The summed E-state index contributed by atoms with van der Waals surface area (Å²) >= 11 is 0.955. The van der Waals surface area contributed by atoms with Gasteiger partial charge in [-0.25, -0.2) is 9.78 Å². The first-order valence-electron chi connectivity index (χ1n) is 12.8. The molecule has 0 aliphatic carbocycles. The second kappa shape index (κ2) is 11.0. The molecule has 2 aliphatic rings. The third kappa shape index (κ3) is 4.86. The minimum absolute atomic E-state index is 0.00183. The van der Waals surface area contributed by atoms with Gasteiger partial charge in [0, 0.05) is 12.0 Å². The molecule has 1 amide bonds. The highest BCUT2D eigenvalue weighted by molar-refractivity contribution is 7.17. The van der Waals surface area contributed by atoms with Crippen molar-refractivity contribution >= 4 is 39.9 Å². The van der Waals surface area contributed by atoms with Gasteiger partial charge in [-0.2, -0.15) is 0 Å². The van der Waals surface area contributed by atoms with Crippen molar-refractivity contribution < 1.29 is 33.7 Å². The highest BCUT2D eigenvalue weighted by atomic mass is 32.1. The molecule has 2 aliphatic heterocycles. The summed E-state index contributed by atoms with van der Waals surface area (Å²) in [6.07, 6.45) is 2.26. The number of rotatable bonds is 8. The number of hydrogen-bond donors (Lipinski definition) is 1. The average Bonchev–Trinajstić information content (AvgIpc) is 3.59. The lowest BCUT2D eigenvalue weighted by molar-refractivity contribution is -0.132. The largest absolute Gasteiger partial charge is 0.507 e. The monoisotopic (exact) mass is 560 g/mol. The Balaban J connectivity index is 1.67. The number of fused-ring (bicyclic) bond motifs is 1. The van der Waals surface area contributed by atoms with Crippen LogP contribution in [0.25, 0.3) is 5.76 Å². The quantitative estimate of drug-likeness (QED) is 0.132. The van der Waals surface area contributed by atoms with E-state index in [0.29, 0.717) is 29.0 Å². The van der Waals surface area contributed by atoms with Gasteiger partial charge in [0.2, 0.25) is 0 Å². The number of Topliss-reactive ketones (excluding diaryl/α,β-unsaturated/α-hetero) is 1. The van der Waals surface area contributed by atoms with E-state index in [0.717, 1.165) is 22.6 Å². The minimum Gasteiger partial charge on any atom is -0.507 e. The van der Waals surface area contributed by atoms with Crippen molar-refractivity contribution in [2.24, 2.45) is 0 Å². The number of ketones is 1. The Morgan fingerprint density at radius 3 is 2.83 bits per heavy atom. The molecule has 0 radical (unpaired) electrons. The topological polar surface area (TPSA) is 115 Å². The molecule has 3 heterocycles. The molecule has 9 nitrogen and oxygen atoms in total. The predicted molar refractivity (Wildman–Crippen MR) is 150 cm³/mol. The van der Waals surface area contributed by atoms with Gasteiger partial charge in [-0.1, -0.05) is 36.1 Å². The molecule has 1 fully saturated rings. The van der Waals surface area contributed by atoms with Crippen molar-refractivity contribution in [3.63, 3.8) is 0 Å². The number of carbonyl (C=O) groups excluding carboxylic acids is 3. The number of carbonyl (C=O) groups is 3. The predicted octanol–water partition coefficient (Wildman–Crippen LogP) is 5.14. The first-order valence-corrected chi connectivity index (χ1v) is 13.6. The van der Waals surface area contributed by atoms with Crippen LogP contribution in [-0.4, -0.2) is 47.1 Å². The van der Waals surface area contributed by atoms with Crippen molar-refractivity contribution in [1.82, 2.24) is 4.98 Å². The first kappa shape index (κ1) is 27.1. The molecular weight excluding hydrogens is 532 g/mol. The van der Waals surface area contributed by atoms with Crippen LogP contribution in [0.1, 0.15) is 51.9 Å². The number of aryl methyl sites for hydroxylation is 1. The van der Waals surface area contributed by atoms with Crippen molar-refractivity contribution in [3.05, 3.63) is 88.0 Å². The first-order chi connectivity index (χ1) is 19.2. The molecule has 0 bridgehead atoms. The van der Waals surface area contributed by atoms with Crippen LogP contribution in [0.5, 0.6) is 11.5 Å². The SMILES string of the molecule is C=CCOc1cccc([C@H]2/C(=C(\O)c3ccc4c(c3)C[C@@H](C)O4)C(=O)C(=O)N2c2nc(C)c(C(=O)OCC)s2)c1. The van der Waals surface area contributed by atoms with Gasteiger partial charge in [0.15, 0.2) is 5.13 Å². The molecule has 0 spiro atoms. The second-order valence-corrected chi connectivity index (χ2v) is 10.4. The molecule has 40 heavy (non-hydrogen) atoms. The number of anilines is 1. The number of thiazole rings is 1. The zero-order chi connectivity index (χ0) is 28.6. The van der Waals surface area contributed by atoms with Crippen LogP contribution in [0.4, 0.5) is 5.13 Å². The van der Waals surface area contributed by atoms with Crippen LogP contribution in [0.15, 0.2) is 60.7 Å². The zero-order valence-electron chi connectivity index (χ0n) is 22.3. The van der Waals surface area contributed by atoms with Crippen LogP contribution in [0.3, 0.4) is 0 Å². The van der Waals surface area contributed by atoms with E-state index in [1.54, 1.807) is 62.4 Å². The number of benzene rings is 2. The maximum absolute atomic E-state index is 13.6. The lowest BCUT2D eigenvalue weighted by Crippen LogP contribution is -2.29. The highest BCUT2D eigenvalue weighted by Crippen LogP contribution is 2.45. The fourth-order valence-electron chi connectivity index (χ4n) is 4.87. The number of hydrogen-bond acceptors (Lipinski definition) is 9. The van der Waals surface area contributed by atoms with E-state index in [2.05, 4.69) is 11.6 Å². The Labute approximate surface area is 235 Å². The summed E-state index contributed by atoms with van der Waals surface area (Å²) in [4.78, 5) is 45.5. The summed E-state index contributed by atoms with van der Waals surface area (Å²) in [7, 11) is 0. The van der Waals surface area contributed by atoms with Crippen LogP contribution in [0, 0.1) is 6.92 Å². The van der Waals surface area contributed by atoms with Gasteiger partial charge in [-0.3, -0.25) is 14.5 Å². The van der Waals surface area contributed by atoms with Crippen molar-refractivity contribution in [2.45, 2.75) is 39.3 Å². The van der Waals surface area contributed by atoms with Gasteiger partial charge in [0.05, 0.1) is 23.9 Å². The average molecular weight is 561 g/mol. The third-order valence-corrected chi connectivity index (χ3v) is 7.74. The summed E-state index contributed by atoms with van der Waals surface area (Å²) in [6.45, 7) is 9.38. The Morgan fingerprint density at radius 1 is 1.27 bits per heavy atom. The molecule has 206 valence electrons. The molecule has 2 atom stereocenters. The van der Waals surface area contributed by atoms with Crippen LogP contribution in [0.2, 0.25) is 0 Å². The summed E-state index contributed by atoms with van der Waals surface area (Å²) in [5.41, 5.74) is 2.09. The Morgan fingerprint density at radius 2 is 2.08 bits per heavy atom. The molecular formula is C30H28N2O7S. The van der Waals surface area contributed by atoms with Crippen LogP contribution < -0.4 is 14.4 Å². The number of aromatic nitrogens is 1. The molecule has 10 heteroatoms. The summed E-state index contributed by atoms with van der Waals surface area (Å²) < 4.78 is 16.6. The van der Waals surface area contributed by atoms with Crippen molar-refractivity contribution in [2.75, 3.05) is 18.1 Å². The Bertz CT molecular complexity index is 1560. The van der Waals surface area contributed by atoms with Crippen LogP contribution >= 0.6 is 11.3 Å². The Hall–Kier alpha value is -4.44. The second-order valence-electron chi connectivity index (χ2n) is 9.43. The van der Waals surface area contributed by atoms with E-state index >= 15 is 0 Å². The van der Waals surface area contributed by atoms with Crippen LogP contribution in [-0.2, 0) is 20.7 Å². The minimum atomic E-state index is -1.03. The Kier molecular flexibility index (Phi) is 7.44. The van der Waals surface area contributed by atoms with E-state index in [1.165, 1.54) is 4.90 Å². The standard InChI is InChI=1S/C30H28N2O7S/c1-5-12-38-21-9-7-8-18(15-21)24-23(25(33)19-10-11-22-20(14-19)13-16(3)39-22)26(34)28(35)32(24)30-31-17(4)27(40-30)29(36)37-6-2/h5,7-11,14-16,24,33H,1,6,12-13H2,2-4H3/b25-23+/t16-,24+/m1/s1.